The van der Waals surface area contributed by atoms with Gasteiger partial charge in [0.15, 0.2) is 0 Å². The van der Waals surface area contributed by atoms with Crippen molar-refractivity contribution in [3.8, 4) is 0 Å². The number of thiazole rings is 1. The number of carbonyl (C=O) groups excluding carboxylic acids is 2. The Morgan fingerprint density at radius 2 is 1.82 bits per heavy atom. The summed E-state index contributed by atoms with van der Waals surface area (Å²) in [4.78, 5) is 31.2. The van der Waals surface area contributed by atoms with Crippen LogP contribution in [0.25, 0.3) is 6.08 Å². The quantitative estimate of drug-likeness (QED) is 0.445. The Balaban J connectivity index is 1.90. The van der Waals surface area contributed by atoms with Crippen LogP contribution in [-0.2, 0) is 14.3 Å². The summed E-state index contributed by atoms with van der Waals surface area (Å²) in [5.74, 6) is -1.34. The Morgan fingerprint density at radius 1 is 1.16 bits per heavy atom. The standard InChI is InChI=1S/C30H48N2O5S/c1-17(13-21-16-38-20(4)31-21)22-14-24-30(9,37-24)12-10-11-28(5,6)19(3)26(35)18(2)27(36)29(7,8)23(33)15-25(34)32-22/h13,16,18-19,22-24,26,33,35H,10-12,14-15H2,1-9H3,(H,32,34)/b17-13+/t18?,19?,22-,23?,24-,26+,30+/m0/s1. The Kier molecular flexibility index (Phi) is 9.34. The van der Waals surface area contributed by atoms with Crippen LogP contribution in [-0.4, -0.2) is 56.8 Å². The van der Waals surface area contributed by atoms with E-state index in [4.69, 9.17) is 4.74 Å². The molecule has 0 bridgehead atoms. The first kappa shape index (κ1) is 30.9. The average Bonchev–Trinajstić information content (AvgIpc) is 3.27. The second kappa shape index (κ2) is 11.5. The molecule has 214 valence electrons. The van der Waals surface area contributed by atoms with Gasteiger partial charge in [-0.05, 0) is 63.0 Å². The molecule has 1 aromatic rings. The zero-order chi connectivity index (χ0) is 28.6. The number of aliphatic hydroxyl groups is 2. The molecule has 0 aliphatic carbocycles. The fraction of sp³-hybridized carbons (Fsp3) is 0.767. The SMILES string of the molecule is C/C(=C\c1csc(C)n1)[C@@H]1C[C@@H]2O[C@]2(C)CCCC(C)(C)C(C)[C@H](O)C(C)C(=O)C(C)(C)C(O)CC(=O)N1. The zero-order valence-corrected chi connectivity index (χ0v) is 25.4. The van der Waals surface area contributed by atoms with Crippen LogP contribution >= 0.6 is 11.3 Å². The maximum atomic E-state index is 13.5. The topological polar surface area (TPSA) is 112 Å². The Labute approximate surface area is 232 Å². The van der Waals surface area contributed by atoms with Gasteiger partial charge in [0.05, 0.1) is 52.5 Å². The van der Waals surface area contributed by atoms with Gasteiger partial charge in [0.25, 0.3) is 0 Å². The molecule has 7 atom stereocenters. The van der Waals surface area contributed by atoms with Crippen LogP contribution in [0.4, 0.5) is 0 Å². The van der Waals surface area contributed by atoms with E-state index in [1.807, 2.05) is 32.2 Å². The summed E-state index contributed by atoms with van der Waals surface area (Å²) in [5.41, 5.74) is 0.202. The molecule has 0 aromatic carbocycles. The van der Waals surface area contributed by atoms with Gasteiger partial charge in [-0.2, -0.15) is 0 Å². The molecule has 2 fully saturated rings. The van der Waals surface area contributed by atoms with E-state index in [0.29, 0.717) is 6.42 Å². The number of amides is 1. The summed E-state index contributed by atoms with van der Waals surface area (Å²) in [6.07, 6.45) is 3.12. The van der Waals surface area contributed by atoms with Crippen molar-refractivity contribution in [2.24, 2.45) is 22.7 Å². The van der Waals surface area contributed by atoms with Gasteiger partial charge in [0, 0.05) is 17.7 Å². The molecule has 0 radical (unpaired) electrons. The van der Waals surface area contributed by atoms with Gasteiger partial charge in [-0.1, -0.05) is 41.5 Å². The summed E-state index contributed by atoms with van der Waals surface area (Å²) >= 11 is 1.58. The molecule has 8 heteroatoms. The highest BCUT2D eigenvalue weighted by Crippen LogP contribution is 2.46. The lowest BCUT2D eigenvalue weighted by Crippen LogP contribution is -2.48. The third kappa shape index (κ3) is 6.93. The first-order valence-electron chi connectivity index (χ1n) is 14.0. The Bertz CT molecular complexity index is 1050. The minimum Gasteiger partial charge on any atom is -0.392 e. The molecule has 2 saturated heterocycles. The van der Waals surface area contributed by atoms with Gasteiger partial charge in [0.2, 0.25) is 5.91 Å². The Morgan fingerprint density at radius 3 is 2.42 bits per heavy atom. The molecule has 1 amide bonds. The van der Waals surface area contributed by atoms with Crippen molar-refractivity contribution in [3.05, 3.63) is 21.7 Å². The first-order chi connectivity index (χ1) is 17.5. The van der Waals surface area contributed by atoms with Crippen LogP contribution < -0.4 is 5.32 Å². The molecule has 3 rings (SSSR count). The molecule has 3 heterocycles. The summed E-state index contributed by atoms with van der Waals surface area (Å²) in [5, 5.41) is 28.3. The number of ketones is 1. The number of fused-ring (bicyclic) bond motifs is 1. The lowest BCUT2D eigenvalue weighted by Gasteiger charge is -2.39. The minimum absolute atomic E-state index is 0.0121. The number of aryl methyl sites for hydroxylation is 1. The number of hydrogen-bond donors (Lipinski definition) is 3. The van der Waals surface area contributed by atoms with Crippen LogP contribution in [0.2, 0.25) is 0 Å². The van der Waals surface area contributed by atoms with Crippen LogP contribution in [0.15, 0.2) is 11.0 Å². The van der Waals surface area contributed by atoms with Gasteiger partial charge in [0.1, 0.15) is 5.78 Å². The predicted octanol–water partition coefficient (Wildman–Crippen LogP) is 5.08. The van der Waals surface area contributed by atoms with Crippen molar-refractivity contribution in [2.75, 3.05) is 0 Å². The molecule has 2 aliphatic heterocycles. The first-order valence-corrected chi connectivity index (χ1v) is 14.8. The van der Waals surface area contributed by atoms with E-state index in [-0.39, 0.29) is 47.2 Å². The summed E-state index contributed by atoms with van der Waals surface area (Å²) in [6, 6.07) is -0.282. The van der Waals surface area contributed by atoms with E-state index >= 15 is 0 Å². The maximum Gasteiger partial charge on any atom is 0.223 e. The van der Waals surface area contributed by atoms with Crippen LogP contribution in [0.3, 0.4) is 0 Å². The number of ether oxygens (including phenoxy) is 1. The average molecular weight is 549 g/mol. The van der Waals surface area contributed by atoms with E-state index in [2.05, 4.69) is 31.1 Å². The lowest BCUT2D eigenvalue weighted by molar-refractivity contribution is -0.144. The van der Waals surface area contributed by atoms with Crippen LogP contribution in [0.5, 0.6) is 0 Å². The van der Waals surface area contributed by atoms with Gasteiger partial charge < -0.3 is 20.3 Å². The minimum atomic E-state index is -1.19. The highest BCUT2D eigenvalue weighted by Gasteiger charge is 2.53. The van der Waals surface area contributed by atoms with E-state index in [9.17, 15) is 19.8 Å². The molecular formula is C30H48N2O5S. The van der Waals surface area contributed by atoms with Crippen molar-refractivity contribution in [2.45, 2.75) is 124 Å². The van der Waals surface area contributed by atoms with E-state index in [1.54, 1.807) is 32.1 Å². The molecule has 0 saturated carbocycles. The lowest BCUT2D eigenvalue weighted by atomic mass is 9.67. The number of aromatic nitrogens is 1. The summed E-state index contributed by atoms with van der Waals surface area (Å²) in [7, 11) is 0. The number of aliphatic hydroxyl groups excluding tert-OH is 2. The van der Waals surface area contributed by atoms with Crippen molar-refractivity contribution < 1.29 is 24.5 Å². The largest absolute Gasteiger partial charge is 0.392 e. The monoisotopic (exact) mass is 548 g/mol. The van der Waals surface area contributed by atoms with Crippen LogP contribution in [0.1, 0.15) is 98.2 Å². The molecular weight excluding hydrogens is 500 g/mol. The second-order valence-electron chi connectivity index (χ2n) is 13.2. The van der Waals surface area contributed by atoms with Crippen molar-refractivity contribution in [1.82, 2.24) is 10.3 Å². The molecule has 7 nitrogen and oxygen atoms in total. The summed E-state index contributed by atoms with van der Waals surface area (Å²) < 4.78 is 6.19. The number of nitrogens with one attached hydrogen (secondary N) is 1. The second-order valence-corrected chi connectivity index (χ2v) is 14.2. The van der Waals surface area contributed by atoms with Gasteiger partial charge in [-0.25, -0.2) is 4.98 Å². The highest BCUT2D eigenvalue weighted by molar-refractivity contribution is 7.09. The fourth-order valence-electron chi connectivity index (χ4n) is 5.77. The third-order valence-corrected chi connectivity index (χ3v) is 10.2. The molecule has 3 unspecified atom stereocenters. The molecule has 1 aromatic heterocycles. The third-order valence-electron chi connectivity index (χ3n) is 9.39. The number of epoxide rings is 1. The smallest absolute Gasteiger partial charge is 0.223 e. The Hall–Kier alpha value is -1.61. The van der Waals surface area contributed by atoms with Gasteiger partial charge in [-0.3, -0.25) is 9.59 Å². The molecule has 3 N–H and O–H groups in total. The number of nitrogens with zero attached hydrogens (tertiary/aromatic N) is 1. The maximum absolute atomic E-state index is 13.5. The van der Waals surface area contributed by atoms with Crippen molar-refractivity contribution in [1.29, 1.82) is 0 Å². The summed E-state index contributed by atoms with van der Waals surface area (Å²) in [6.45, 7) is 17.4. The fourth-order valence-corrected chi connectivity index (χ4v) is 6.34. The molecule has 0 spiro atoms. The number of carbonyl (C=O) groups is 2. The van der Waals surface area contributed by atoms with Gasteiger partial charge >= 0.3 is 0 Å². The van der Waals surface area contributed by atoms with Crippen molar-refractivity contribution >= 4 is 29.1 Å². The predicted molar refractivity (Wildman–Crippen MR) is 152 cm³/mol. The zero-order valence-electron chi connectivity index (χ0n) is 24.6. The molecule has 38 heavy (non-hydrogen) atoms. The number of hydrogen-bond acceptors (Lipinski definition) is 7. The molecule has 2 aliphatic rings. The number of rotatable bonds is 2. The highest BCUT2D eigenvalue weighted by atomic mass is 32.1. The van der Waals surface area contributed by atoms with Gasteiger partial charge in [-0.15, -0.1) is 11.3 Å². The van der Waals surface area contributed by atoms with Crippen LogP contribution in [0, 0.1) is 29.6 Å². The van der Waals surface area contributed by atoms with E-state index in [1.165, 1.54) is 0 Å². The number of Topliss-reactive ketones (excluding diaryl/α,β-unsaturated/α-hetero) is 1. The van der Waals surface area contributed by atoms with E-state index < -0.39 is 23.5 Å². The van der Waals surface area contributed by atoms with E-state index in [0.717, 1.165) is 35.5 Å². The normalized spacial score (nSPS) is 37.2. The van der Waals surface area contributed by atoms with Crippen molar-refractivity contribution in [3.63, 3.8) is 0 Å².